The zero-order valence-electron chi connectivity index (χ0n) is 9.71. The van der Waals surface area contributed by atoms with Crippen molar-refractivity contribution in [3.05, 3.63) is 33.8 Å². The van der Waals surface area contributed by atoms with E-state index in [0.717, 1.165) is 5.56 Å². The summed E-state index contributed by atoms with van der Waals surface area (Å²) in [5.41, 5.74) is 0.864. The third-order valence-electron chi connectivity index (χ3n) is 2.41. The molecule has 2 nitrogen and oxygen atoms in total. The van der Waals surface area contributed by atoms with Crippen LogP contribution in [0.5, 0.6) is 0 Å². The molecule has 0 saturated carbocycles. The third-order valence-corrected chi connectivity index (χ3v) is 3.23. The van der Waals surface area contributed by atoms with E-state index < -0.39 is 0 Å². The number of rotatable bonds is 4. The topological polar surface area (TPSA) is 20.3 Å². The van der Waals surface area contributed by atoms with Crippen LogP contribution < -0.4 is 0 Å². The van der Waals surface area contributed by atoms with Crippen LogP contribution in [0.1, 0.15) is 19.4 Å². The van der Waals surface area contributed by atoms with Crippen LogP contribution in [0.4, 0.5) is 0 Å². The highest BCUT2D eigenvalue weighted by atomic mass is 35.5. The molecule has 0 aliphatic heterocycles. The number of carbonyl (C=O) groups is 1. The lowest BCUT2D eigenvalue weighted by Crippen LogP contribution is -2.37. The molecule has 0 fully saturated rings. The van der Waals surface area contributed by atoms with Gasteiger partial charge in [0.05, 0.1) is 0 Å². The summed E-state index contributed by atoms with van der Waals surface area (Å²) in [5.74, 6) is -0.128. The van der Waals surface area contributed by atoms with E-state index in [1.54, 1.807) is 17.0 Å². The largest absolute Gasteiger partial charge is 0.335 e. The van der Waals surface area contributed by atoms with Gasteiger partial charge in [-0.15, -0.1) is 11.6 Å². The highest BCUT2D eigenvalue weighted by Crippen LogP contribution is 2.23. The first-order valence-corrected chi connectivity index (χ1v) is 6.54. The minimum Gasteiger partial charge on any atom is -0.335 e. The van der Waals surface area contributed by atoms with E-state index in [0.29, 0.717) is 16.6 Å². The number of nitrogens with zero attached hydrogens (tertiary/aromatic N) is 1. The molecule has 1 aromatic carbocycles. The molecule has 1 amide bonds. The molecule has 1 aromatic rings. The Balaban J connectivity index is 2.90. The van der Waals surface area contributed by atoms with Crippen LogP contribution in [0.15, 0.2) is 18.2 Å². The number of halogens is 3. The van der Waals surface area contributed by atoms with Gasteiger partial charge in [0.1, 0.15) is 5.88 Å². The molecule has 94 valence electrons. The van der Waals surface area contributed by atoms with Gasteiger partial charge in [0.15, 0.2) is 0 Å². The number of benzene rings is 1. The maximum Gasteiger partial charge on any atom is 0.238 e. The van der Waals surface area contributed by atoms with Gasteiger partial charge in [0.25, 0.3) is 0 Å². The van der Waals surface area contributed by atoms with Gasteiger partial charge in [0.2, 0.25) is 5.91 Å². The second-order valence-corrected chi connectivity index (χ2v) is 5.10. The second-order valence-electron chi connectivity index (χ2n) is 3.98. The van der Waals surface area contributed by atoms with Gasteiger partial charge in [-0.2, -0.15) is 0 Å². The zero-order chi connectivity index (χ0) is 13.0. The summed E-state index contributed by atoms with van der Waals surface area (Å²) in [5, 5.41) is 1.14. The molecule has 0 saturated heterocycles. The van der Waals surface area contributed by atoms with Gasteiger partial charge in [0, 0.05) is 22.6 Å². The average molecular weight is 295 g/mol. The molecule has 5 heteroatoms. The number of hydrogen-bond donors (Lipinski definition) is 0. The molecule has 17 heavy (non-hydrogen) atoms. The Hall–Kier alpha value is -0.440. The fourth-order valence-electron chi connectivity index (χ4n) is 1.47. The van der Waals surface area contributed by atoms with Crippen molar-refractivity contribution in [3.8, 4) is 0 Å². The highest BCUT2D eigenvalue weighted by Gasteiger charge is 2.17. The smallest absolute Gasteiger partial charge is 0.238 e. The number of carbonyl (C=O) groups excluding carboxylic acids is 1. The first-order chi connectivity index (χ1) is 7.95. The van der Waals surface area contributed by atoms with E-state index in [4.69, 9.17) is 34.8 Å². The SMILES string of the molecule is CC(C)N(Cc1ccc(Cl)cc1Cl)C(=O)CCl. The molecule has 0 aromatic heterocycles. The van der Waals surface area contributed by atoms with Gasteiger partial charge in [-0.25, -0.2) is 0 Å². The Labute approximate surface area is 116 Å². The van der Waals surface area contributed by atoms with Crippen molar-refractivity contribution in [2.45, 2.75) is 26.4 Å². The first kappa shape index (κ1) is 14.6. The van der Waals surface area contributed by atoms with Crippen LogP contribution in [0.3, 0.4) is 0 Å². The van der Waals surface area contributed by atoms with Gasteiger partial charge >= 0.3 is 0 Å². The van der Waals surface area contributed by atoms with Gasteiger partial charge in [-0.05, 0) is 31.5 Å². The summed E-state index contributed by atoms with van der Waals surface area (Å²) >= 11 is 17.5. The highest BCUT2D eigenvalue weighted by molar-refractivity contribution is 6.35. The predicted octanol–water partition coefficient (Wildman–Crippen LogP) is 3.97. The number of alkyl halides is 1. The maximum atomic E-state index is 11.7. The van der Waals surface area contributed by atoms with Crippen LogP contribution in [-0.2, 0) is 11.3 Å². The fraction of sp³-hybridized carbons (Fsp3) is 0.417. The molecule has 1 rings (SSSR count). The minimum atomic E-state index is -0.104. The van der Waals surface area contributed by atoms with Crippen molar-refractivity contribution in [1.29, 1.82) is 0 Å². The Morgan fingerprint density at radius 3 is 2.47 bits per heavy atom. The van der Waals surface area contributed by atoms with E-state index in [9.17, 15) is 4.79 Å². The second kappa shape index (κ2) is 6.48. The van der Waals surface area contributed by atoms with E-state index in [1.807, 2.05) is 19.9 Å². The summed E-state index contributed by atoms with van der Waals surface area (Å²) in [6.45, 7) is 4.32. The third kappa shape index (κ3) is 4.06. The predicted molar refractivity (Wildman–Crippen MR) is 72.9 cm³/mol. The van der Waals surface area contributed by atoms with Crippen LogP contribution >= 0.6 is 34.8 Å². The van der Waals surface area contributed by atoms with Crippen LogP contribution in [0.25, 0.3) is 0 Å². The van der Waals surface area contributed by atoms with Crippen LogP contribution in [0.2, 0.25) is 10.0 Å². The molecule has 0 bridgehead atoms. The molecule has 0 aliphatic rings. The van der Waals surface area contributed by atoms with E-state index in [2.05, 4.69) is 0 Å². The summed E-state index contributed by atoms with van der Waals surface area (Å²) < 4.78 is 0. The molecule has 0 spiro atoms. The summed E-state index contributed by atoms with van der Waals surface area (Å²) in [7, 11) is 0. The molecule has 0 N–H and O–H groups in total. The van der Waals surface area contributed by atoms with Crippen molar-refractivity contribution < 1.29 is 4.79 Å². The molecule has 0 atom stereocenters. The quantitative estimate of drug-likeness (QED) is 0.770. The summed E-state index contributed by atoms with van der Waals surface area (Å²) in [4.78, 5) is 13.3. The lowest BCUT2D eigenvalue weighted by molar-refractivity contribution is -0.130. The molecular formula is C12H14Cl3NO. The Kier molecular flexibility index (Phi) is 5.57. The number of hydrogen-bond acceptors (Lipinski definition) is 1. The van der Waals surface area contributed by atoms with Crippen molar-refractivity contribution in [3.63, 3.8) is 0 Å². The molecule has 0 unspecified atom stereocenters. The Morgan fingerprint density at radius 1 is 1.35 bits per heavy atom. The van der Waals surface area contributed by atoms with Gasteiger partial charge in [-0.3, -0.25) is 4.79 Å². The average Bonchev–Trinajstić information content (AvgIpc) is 2.26. The van der Waals surface area contributed by atoms with Gasteiger partial charge < -0.3 is 4.90 Å². The number of amides is 1. The lowest BCUT2D eigenvalue weighted by atomic mass is 10.2. The maximum absolute atomic E-state index is 11.7. The zero-order valence-corrected chi connectivity index (χ0v) is 12.0. The van der Waals surface area contributed by atoms with E-state index in [1.165, 1.54) is 0 Å². The summed E-state index contributed by atoms with van der Waals surface area (Å²) in [6.07, 6.45) is 0. The molecule has 0 heterocycles. The first-order valence-electron chi connectivity index (χ1n) is 5.25. The standard InChI is InChI=1S/C12H14Cl3NO/c1-8(2)16(12(17)6-13)7-9-3-4-10(14)5-11(9)15/h3-5,8H,6-7H2,1-2H3. The van der Waals surface area contributed by atoms with Gasteiger partial charge in [-0.1, -0.05) is 29.3 Å². The van der Waals surface area contributed by atoms with Crippen molar-refractivity contribution in [2.24, 2.45) is 0 Å². The fourth-order valence-corrected chi connectivity index (χ4v) is 2.09. The lowest BCUT2D eigenvalue weighted by Gasteiger charge is -2.26. The van der Waals surface area contributed by atoms with Crippen LogP contribution in [-0.4, -0.2) is 22.7 Å². The Morgan fingerprint density at radius 2 is 2.00 bits per heavy atom. The monoisotopic (exact) mass is 293 g/mol. The van der Waals surface area contributed by atoms with E-state index >= 15 is 0 Å². The molecular weight excluding hydrogens is 280 g/mol. The Bertz CT molecular complexity index is 407. The summed E-state index contributed by atoms with van der Waals surface area (Å²) in [6, 6.07) is 5.32. The van der Waals surface area contributed by atoms with E-state index in [-0.39, 0.29) is 17.8 Å². The van der Waals surface area contributed by atoms with Crippen LogP contribution in [0, 0.1) is 0 Å². The van der Waals surface area contributed by atoms with Crippen molar-refractivity contribution in [2.75, 3.05) is 5.88 Å². The molecule has 0 aliphatic carbocycles. The molecule has 0 radical (unpaired) electrons. The van der Waals surface area contributed by atoms with Crippen molar-refractivity contribution >= 4 is 40.7 Å². The van der Waals surface area contributed by atoms with Crippen molar-refractivity contribution in [1.82, 2.24) is 4.90 Å². The normalized spacial score (nSPS) is 10.7. The minimum absolute atomic E-state index is 0.0244.